The number of benzene rings is 2. The molecule has 104 valence electrons. The molecule has 2 aromatic carbocycles. The third kappa shape index (κ3) is 2.27. The van der Waals surface area contributed by atoms with E-state index in [0.717, 1.165) is 12.8 Å². The molecule has 1 nitrogen and oxygen atoms in total. The van der Waals surface area contributed by atoms with Gasteiger partial charge in [-0.25, -0.2) is 0 Å². The van der Waals surface area contributed by atoms with E-state index < -0.39 is 0 Å². The first-order chi connectivity index (χ1) is 9.38. The summed E-state index contributed by atoms with van der Waals surface area (Å²) in [5, 5.41) is 0. The lowest BCUT2D eigenvalue weighted by Crippen LogP contribution is -2.37. The summed E-state index contributed by atoms with van der Waals surface area (Å²) in [6.45, 7) is 6.73. The monoisotopic (exact) mass is 265 g/mol. The fourth-order valence-electron chi connectivity index (χ4n) is 3.15. The van der Waals surface area contributed by atoms with Crippen molar-refractivity contribution in [3.05, 3.63) is 70.8 Å². The third-order valence-electron chi connectivity index (χ3n) is 4.46. The van der Waals surface area contributed by atoms with Crippen LogP contribution < -0.4 is 5.73 Å². The number of fused-ring (bicyclic) bond motifs is 1. The number of rotatable bonds is 1. The van der Waals surface area contributed by atoms with Gasteiger partial charge in [0.15, 0.2) is 0 Å². The van der Waals surface area contributed by atoms with Crippen molar-refractivity contribution < 1.29 is 0 Å². The van der Waals surface area contributed by atoms with Crippen LogP contribution in [0.25, 0.3) is 0 Å². The zero-order chi connectivity index (χ0) is 14.4. The Morgan fingerprint density at radius 1 is 0.850 bits per heavy atom. The fourth-order valence-corrected chi connectivity index (χ4v) is 3.15. The van der Waals surface area contributed by atoms with Gasteiger partial charge in [0.05, 0.1) is 0 Å². The van der Waals surface area contributed by atoms with Crippen LogP contribution in [0.15, 0.2) is 48.5 Å². The van der Waals surface area contributed by atoms with Crippen LogP contribution in [-0.4, -0.2) is 0 Å². The molecule has 1 aliphatic rings. The van der Waals surface area contributed by atoms with Crippen molar-refractivity contribution in [2.45, 2.75) is 44.6 Å². The van der Waals surface area contributed by atoms with Gasteiger partial charge in [-0.1, -0.05) is 69.3 Å². The molecule has 0 unspecified atom stereocenters. The van der Waals surface area contributed by atoms with Gasteiger partial charge < -0.3 is 5.73 Å². The molecule has 0 saturated heterocycles. The Morgan fingerprint density at radius 2 is 1.35 bits per heavy atom. The molecule has 0 heterocycles. The Bertz CT molecular complexity index is 592. The summed E-state index contributed by atoms with van der Waals surface area (Å²) in [7, 11) is 0. The van der Waals surface area contributed by atoms with Crippen LogP contribution in [0.4, 0.5) is 0 Å². The van der Waals surface area contributed by atoms with Crippen LogP contribution in [0.3, 0.4) is 0 Å². The molecule has 1 aliphatic carbocycles. The van der Waals surface area contributed by atoms with Gasteiger partial charge in [0.1, 0.15) is 0 Å². The van der Waals surface area contributed by atoms with Crippen molar-refractivity contribution in [3.63, 3.8) is 0 Å². The van der Waals surface area contributed by atoms with Gasteiger partial charge in [-0.2, -0.15) is 0 Å². The van der Waals surface area contributed by atoms with Gasteiger partial charge in [-0.3, -0.25) is 0 Å². The molecule has 0 atom stereocenters. The summed E-state index contributed by atoms with van der Waals surface area (Å²) < 4.78 is 0. The zero-order valence-electron chi connectivity index (χ0n) is 12.6. The van der Waals surface area contributed by atoms with E-state index in [9.17, 15) is 0 Å². The molecule has 0 amide bonds. The average molecular weight is 265 g/mol. The van der Waals surface area contributed by atoms with E-state index >= 15 is 0 Å². The highest BCUT2D eigenvalue weighted by atomic mass is 14.8. The Balaban J connectivity index is 1.91. The molecule has 0 fully saturated rings. The highest BCUT2D eigenvalue weighted by molar-refractivity contribution is 5.42. The predicted molar refractivity (Wildman–Crippen MR) is 84.9 cm³/mol. The molecular formula is C19H23N. The molecule has 0 bridgehead atoms. The average Bonchev–Trinajstić information content (AvgIpc) is 2.75. The Kier molecular flexibility index (Phi) is 2.98. The zero-order valence-corrected chi connectivity index (χ0v) is 12.6. The van der Waals surface area contributed by atoms with E-state index in [1.807, 2.05) is 0 Å². The van der Waals surface area contributed by atoms with Crippen LogP contribution in [0, 0.1) is 0 Å². The van der Waals surface area contributed by atoms with Crippen LogP contribution >= 0.6 is 0 Å². The first-order valence-corrected chi connectivity index (χ1v) is 7.35. The lowest BCUT2D eigenvalue weighted by molar-refractivity contribution is 0.472. The highest BCUT2D eigenvalue weighted by Gasteiger charge is 2.34. The van der Waals surface area contributed by atoms with E-state index in [1.54, 1.807) is 0 Å². The van der Waals surface area contributed by atoms with Gasteiger partial charge in [0.25, 0.3) is 0 Å². The lowest BCUT2D eigenvalue weighted by Gasteiger charge is -2.26. The summed E-state index contributed by atoms with van der Waals surface area (Å²) in [4.78, 5) is 0. The van der Waals surface area contributed by atoms with Crippen molar-refractivity contribution in [1.82, 2.24) is 0 Å². The molecule has 2 N–H and O–H groups in total. The first kappa shape index (κ1) is 13.4. The second-order valence-electron chi connectivity index (χ2n) is 7.11. The van der Waals surface area contributed by atoms with Crippen molar-refractivity contribution in [3.8, 4) is 0 Å². The minimum atomic E-state index is -0.236. The van der Waals surface area contributed by atoms with E-state index in [1.165, 1.54) is 22.3 Å². The maximum absolute atomic E-state index is 6.69. The van der Waals surface area contributed by atoms with Crippen molar-refractivity contribution in [2.75, 3.05) is 0 Å². The van der Waals surface area contributed by atoms with E-state index in [0.29, 0.717) is 0 Å². The normalized spacial score (nSPS) is 17.0. The van der Waals surface area contributed by atoms with Gasteiger partial charge in [-0.05, 0) is 40.5 Å². The summed E-state index contributed by atoms with van der Waals surface area (Å²) in [5.41, 5.74) is 12.1. The van der Waals surface area contributed by atoms with Crippen LogP contribution in [0.5, 0.6) is 0 Å². The standard InChI is InChI=1S/C19H23N/c1-18(2,3)16-8-10-17(11-9-16)19(20)12-14-6-4-5-7-15(14)13-19/h4-11H,12-13,20H2,1-3H3. The quantitative estimate of drug-likeness (QED) is 0.830. The molecule has 0 radical (unpaired) electrons. The predicted octanol–water partition coefficient (Wildman–Crippen LogP) is 3.94. The molecule has 0 saturated carbocycles. The van der Waals surface area contributed by atoms with Crippen molar-refractivity contribution in [2.24, 2.45) is 5.73 Å². The van der Waals surface area contributed by atoms with Crippen LogP contribution in [0.1, 0.15) is 43.0 Å². The van der Waals surface area contributed by atoms with Gasteiger partial charge in [-0.15, -0.1) is 0 Å². The molecular weight excluding hydrogens is 242 g/mol. The smallest absolute Gasteiger partial charge is 0.0491 e. The number of hydrogen-bond donors (Lipinski definition) is 1. The van der Waals surface area contributed by atoms with E-state index in [4.69, 9.17) is 5.73 Å². The van der Waals surface area contributed by atoms with Crippen LogP contribution in [-0.2, 0) is 23.8 Å². The van der Waals surface area contributed by atoms with Gasteiger partial charge in [0.2, 0.25) is 0 Å². The highest BCUT2D eigenvalue weighted by Crippen LogP contribution is 2.36. The maximum Gasteiger partial charge on any atom is 0.0491 e. The number of nitrogens with two attached hydrogens (primary N) is 1. The number of hydrogen-bond acceptors (Lipinski definition) is 1. The van der Waals surface area contributed by atoms with E-state index in [2.05, 4.69) is 69.3 Å². The van der Waals surface area contributed by atoms with Crippen LogP contribution in [0.2, 0.25) is 0 Å². The second-order valence-corrected chi connectivity index (χ2v) is 7.11. The molecule has 0 aliphatic heterocycles. The molecule has 0 aromatic heterocycles. The summed E-state index contributed by atoms with van der Waals surface area (Å²) in [6.07, 6.45) is 1.88. The topological polar surface area (TPSA) is 26.0 Å². The second kappa shape index (κ2) is 4.46. The van der Waals surface area contributed by atoms with Crippen molar-refractivity contribution >= 4 is 0 Å². The first-order valence-electron chi connectivity index (χ1n) is 7.35. The summed E-state index contributed by atoms with van der Waals surface area (Å²) in [5.74, 6) is 0. The Hall–Kier alpha value is -1.60. The molecule has 3 rings (SSSR count). The van der Waals surface area contributed by atoms with E-state index in [-0.39, 0.29) is 11.0 Å². The minimum Gasteiger partial charge on any atom is -0.321 e. The lowest BCUT2D eigenvalue weighted by atomic mass is 9.83. The Labute approximate surface area is 121 Å². The SMILES string of the molecule is CC(C)(C)c1ccc(C2(N)Cc3ccccc3C2)cc1. The third-order valence-corrected chi connectivity index (χ3v) is 4.46. The van der Waals surface area contributed by atoms with Gasteiger partial charge in [0, 0.05) is 5.54 Å². The summed E-state index contributed by atoms with van der Waals surface area (Å²) in [6, 6.07) is 17.5. The molecule has 2 aromatic rings. The molecule has 0 spiro atoms. The molecule has 1 heteroatoms. The maximum atomic E-state index is 6.69. The Morgan fingerprint density at radius 3 is 1.80 bits per heavy atom. The fraction of sp³-hybridized carbons (Fsp3) is 0.368. The largest absolute Gasteiger partial charge is 0.321 e. The molecule has 20 heavy (non-hydrogen) atoms. The summed E-state index contributed by atoms with van der Waals surface area (Å²) >= 11 is 0. The minimum absolute atomic E-state index is 0.193. The van der Waals surface area contributed by atoms with Crippen molar-refractivity contribution in [1.29, 1.82) is 0 Å². The van der Waals surface area contributed by atoms with Gasteiger partial charge >= 0.3 is 0 Å².